The van der Waals surface area contributed by atoms with Crippen molar-refractivity contribution in [1.82, 2.24) is 0 Å². The summed E-state index contributed by atoms with van der Waals surface area (Å²) in [7, 11) is -3.27. The summed E-state index contributed by atoms with van der Waals surface area (Å²) in [5, 5.41) is 12.1. The maximum absolute atomic E-state index is 11.5. The maximum Gasteiger partial charge on any atom is 0.330 e. The number of anilines is 1. The molecule has 0 aliphatic carbocycles. The van der Waals surface area contributed by atoms with Crippen molar-refractivity contribution >= 4 is 21.5 Å². The normalized spacial score (nSPS) is 25.8. The fraction of sp³-hybridized carbons (Fsp3) is 0.417. The monoisotopic (exact) mass is 269 g/mol. The van der Waals surface area contributed by atoms with E-state index < -0.39 is 21.3 Å². The second-order valence-corrected chi connectivity index (χ2v) is 6.90. The molecule has 0 saturated carbocycles. The van der Waals surface area contributed by atoms with Gasteiger partial charge in [-0.25, -0.2) is 13.2 Å². The first-order chi connectivity index (χ1) is 8.33. The lowest BCUT2D eigenvalue weighted by atomic mass is 9.98. The molecular weight excluding hydrogens is 254 g/mol. The summed E-state index contributed by atoms with van der Waals surface area (Å²) >= 11 is 0. The molecule has 1 aromatic rings. The molecular formula is C12H15NO4S. The molecule has 2 rings (SSSR count). The van der Waals surface area contributed by atoms with E-state index in [1.54, 1.807) is 12.1 Å². The Morgan fingerprint density at radius 2 is 1.94 bits per heavy atom. The third kappa shape index (κ3) is 2.48. The van der Waals surface area contributed by atoms with Crippen LogP contribution in [-0.2, 0) is 14.6 Å². The number of carboxylic acid groups (broad SMARTS) is 1. The summed E-state index contributed by atoms with van der Waals surface area (Å²) in [5.74, 6) is -1.56. The highest BCUT2D eigenvalue weighted by Gasteiger charge is 2.48. The first-order valence-electron chi connectivity index (χ1n) is 5.62. The molecule has 1 heterocycles. The zero-order valence-corrected chi connectivity index (χ0v) is 10.8. The highest BCUT2D eigenvalue weighted by molar-refractivity contribution is 7.91. The van der Waals surface area contributed by atoms with Gasteiger partial charge in [0.1, 0.15) is 0 Å². The minimum absolute atomic E-state index is 0.0852. The van der Waals surface area contributed by atoms with Crippen molar-refractivity contribution in [2.24, 2.45) is 0 Å². The van der Waals surface area contributed by atoms with E-state index in [1.165, 1.54) is 0 Å². The molecule has 1 unspecified atom stereocenters. The van der Waals surface area contributed by atoms with Crippen LogP contribution in [0.4, 0.5) is 5.69 Å². The van der Waals surface area contributed by atoms with Crippen molar-refractivity contribution in [3.63, 3.8) is 0 Å². The Labute approximate surface area is 106 Å². The van der Waals surface area contributed by atoms with Crippen LogP contribution in [-0.4, -0.2) is 36.5 Å². The topological polar surface area (TPSA) is 83.5 Å². The Morgan fingerprint density at radius 3 is 2.39 bits per heavy atom. The third-order valence-electron chi connectivity index (χ3n) is 3.15. The van der Waals surface area contributed by atoms with E-state index in [4.69, 9.17) is 0 Å². The number of nitrogens with one attached hydrogen (secondary N) is 1. The van der Waals surface area contributed by atoms with Gasteiger partial charge < -0.3 is 10.4 Å². The molecule has 0 aromatic heterocycles. The van der Waals surface area contributed by atoms with Gasteiger partial charge >= 0.3 is 5.97 Å². The lowest BCUT2D eigenvalue weighted by molar-refractivity contribution is -0.141. The van der Waals surface area contributed by atoms with Gasteiger partial charge in [0.2, 0.25) is 0 Å². The lowest BCUT2D eigenvalue weighted by Gasteiger charge is -2.25. The number of aryl methyl sites for hydroxylation is 1. The van der Waals surface area contributed by atoms with Crippen LogP contribution >= 0.6 is 0 Å². The lowest BCUT2D eigenvalue weighted by Crippen LogP contribution is -2.47. The number of carboxylic acids is 1. The molecule has 6 heteroatoms. The predicted molar refractivity (Wildman–Crippen MR) is 68.4 cm³/mol. The van der Waals surface area contributed by atoms with Gasteiger partial charge in [-0.15, -0.1) is 0 Å². The van der Waals surface area contributed by atoms with Crippen LogP contribution in [0.25, 0.3) is 0 Å². The van der Waals surface area contributed by atoms with Crippen LogP contribution < -0.4 is 5.32 Å². The summed E-state index contributed by atoms with van der Waals surface area (Å²) in [6.07, 6.45) is 0.0958. The van der Waals surface area contributed by atoms with E-state index in [-0.39, 0.29) is 17.9 Å². The van der Waals surface area contributed by atoms with E-state index in [1.807, 2.05) is 19.1 Å². The number of sulfone groups is 1. The molecule has 1 saturated heterocycles. The fourth-order valence-corrected chi connectivity index (χ4v) is 3.98. The first-order valence-corrected chi connectivity index (χ1v) is 7.44. The van der Waals surface area contributed by atoms with Crippen molar-refractivity contribution in [2.75, 3.05) is 16.8 Å². The molecule has 0 radical (unpaired) electrons. The summed E-state index contributed by atoms with van der Waals surface area (Å²) in [6, 6.07) is 7.21. The van der Waals surface area contributed by atoms with Crippen LogP contribution in [0.2, 0.25) is 0 Å². The van der Waals surface area contributed by atoms with Crippen LogP contribution in [0, 0.1) is 6.92 Å². The molecule has 98 valence electrons. The number of carbonyl (C=O) groups is 1. The Bertz CT molecular complexity index is 564. The second kappa shape index (κ2) is 4.28. The number of aliphatic carboxylic acids is 1. The van der Waals surface area contributed by atoms with Gasteiger partial charge in [-0.05, 0) is 25.5 Å². The van der Waals surface area contributed by atoms with E-state index >= 15 is 0 Å². The Hall–Kier alpha value is -1.56. The van der Waals surface area contributed by atoms with Gasteiger partial charge in [0, 0.05) is 5.69 Å². The van der Waals surface area contributed by atoms with Crippen molar-refractivity contribution < 1.29 is 18.3 Å². The Kier molecular flexibility index (Phi) is 3.06. The highest BCUT2D eigenvalue weighted by atomic mass is 32.2. The number of hydrogen-bond acceptors (Lipinski definition) is 4. The van der Waals surface area contributed by atoms with Crippen LogP contribution in [0.1, 0.15) is 12.0 Å². The van der Waals surface area contributed by atoms with Gasteiger partial charge in [-0.1, -0.05) is 17.7 Å². The van der Waals surface area contributed by atoms with Crippen molar-refractivity contribution in [2.45, 2.75) is 18.9 Å². The molecule has 0 amide bonds. The van der Waals surface area contributed by atoms with Crippen molar-refractivity contribution in [3.8, 4) is 0 Å². The standard InChI is InChI=1S/C12H15NO4S/c1-9-2-4-10(5-3-9)13-12(11(14)15)6-7-18(16,17)8-12/h2-5,13H,6-8H2,1H3,(H,14,15). The van der Waals surface area contributed by atoms with Gasteiger partial charge in [0.15, 0.2) is 15.4 Å². The van der Waals surface area contributed by atoms with E-state index in [0.29, 0.717) is 5.69 Å². The smallest absolute Gasteiger partial charge is 0.330 e. The molecule has 2 N–H and O–H groups in total. The van der Waals surface area contributed by atoms with Crippen LogP contribution in [0.15, 0.2) is 24.3 Å². The molecule has 0 spiro atoms. The Morgan fingerprint density at radius 1 is 1.33 bits per heavy atom. The second-order valence-electron chi connectivity index (χ2n) is 4.72. The molecule has 0 bridgehead atoms. The van der Waals surface area contributed by atoms with Gasteiger partial charge in [0.05, 0.1) is 11.5 Å². The van der Waals surface area contributed by atoms with Gasteiger partial charge in [-0.3, -0.25) is 0 Å². The fourth-order valence-electron chi connectivity index (χ4n) is 2.08. The largest absolute Gasteiger partial charge is 0.479 e. The third-order valence-corrected chi connectivity index (χ3v) is 4.91. The molecule has 1 aliphatic heterocycles. The molecule has 1 atom stereocenters. The quantitative estimate of drug-likeness (QED) is 0.857. The van der Waals surface area contributed by atoms with E-state index in [0.717, 1.165) is 5.56 Å². The highest BCUT2D eigenvalue weighted by Crippen LogP contribution is 2.28. The number of benzene rings is 1. The average molecular weight is 269 g/mol. The number of rotatable bonds is 3. The Balaban J connectivity index is 2.28. The minimum Gasteiger partial charge on any atom is -0.479 e. The zero-order valence-electron chi connectivity index (χ0n) is 10.0. The summed E-state index contributed by atoms with van der Waals surface area (Å²) in [4.78, 5) is 11.4. The van der Waals surface area contributed by atoms with Crippen LogP contribution in [0.5, 0.6) is 0 Å². The zero-order chi connectivity index (χ0) is 13.4. The summed E-state index contributed by atoms with van der Waals surface area (Å²) in [5.41, 5.74) is 0.290. The number of hydrogen-bond donors (Lipinski definition) is 2. The predicted octanol–water partition coefficient (Wildman–Crippen LogP) is 1.05. The molecule has 5 nitrogen and oxygen atoms in total. The summed E-state index contributed by atoms with van der Waals surface area (Å²) < 4.78 is 23.0. The minimum atomic E-state index is -3.27. The van der Waals surface area contributed by atoms with Gasteiger partial charge in [-0.2, -0.15) is 0 Å². The molecule has 1 aromatic carbocycles. The first kappa shape index (κ1) is 12.9. The van der Waals surface area contributed by atoms with Crippen molar-refractivity contribution in [3.05, 3.63) is 29.8 Å². The van der Waals surface area contributed by atoms with E-state index in [2.05, 4.69) is 5.32 Å². The van der Waals surface area contributed by atoms with Crippen LogP contribution in [0.3, 0.4) is 0 Å². The van der Waals surface area contributed by atoms with E-state index in [9.17, 15) is 18.3 Å². The molecule has 18 heavy (non-hydrogen) atoms. The van der Waals surface area contributed by atoms with Crippen molar-refractivity contribution in [1.29, 1.82) is 0 Å². The average Bonchev–Trinajstić information content (AvgIpc) is 2.59. The maximum atomic E-state index is 11.5. The SMILES string of the molecule is Cc1ccc(NC2(C(=O)O)CCS(=O)(=O)C2)cc1. The van der Waals surface area contributed by atoms with Gasteiger partial charge in [0.25, 0.3) is 0 Å². The summed E-state index contributed by atoms with van der Waals surface area (Å²) in [6.45, 7) is 1.93. The molecule has 1 fully saturated rings. The molecule has 1 aliphatic rings.